The Balaban J connectivity index is 0.00000142. The SMILES string of the molecule is CC(C)[C@@H](OC(=O)N1CCC1)C1CCC2C(CC3C4CCC5C(C)(C)[C@@H](OC(=O)N6CCC(F)(F)CC6)CC[C@@]56C[C@@]46CC[C@]23C)O1.CO.[HH]. The Morgan fingerprint density at radius 2 is 1.49 bits per heavy atom. The van der Waals surface area contributed by atoms with Gasteiger partial charge in [-0.05, 0) is 116 Å². The number of halogens is 2. The summed E-state index contributed by atoms with van der Waals surface area (Å²) in [5, 5.41) is 7.00. The van der Waals surface area contributed by atoms with Crippen LogP contribution in [0.15, 0.2) is 0 Å². The van der Waals surface area contributed by atoms with Crippen molar-refractivity contribution >= 4 is 12.2 Å². The number of carbonyl (C=O) groups excluding carboxylic acids is 2. The largest absolute Gasteiger partial charge is 0.446 e. The molecule has 0 radical (unpaired) electrons. The first-order valence-corrected chi connectivity index (χ1v) is 19.6. The van der Waals surface area contributed by atoms with E-state index in [1.165, 1.54) is 37.0 Å². The van der Waals surface area contributed by atoms with Crippen molar-refractivity contribution in [2.45, 2.75) is 148 Å². The lowest BCUT2D eigenvalue weighted by Crippen LogP contribution is -2.55. The van der Waals surface area contributed by atoms with Gasteiger partial charge in [-0.3, -0.25) is 0 Å². The maximum atomic E-state index is 13.7. The average molecular weight is 695 g/mol. The number of amides is 2. The Bertz CT molecular complexity index is 1270. The summed E-state index contributed by atoms with van der Waals surface area (Å²) in [5.41, 5.74) is 0.895. The Morgan fingerprint density at radius 3 is 2.14 bits per heavy atom. The van der Waals surface area contributed by atoms with Crippen LogP contribution in [-0.2, 0) is 14.2 Å². The van der Waals surface area contributed by atoms with Crippen molar-refractivity contribution in [3.63, 3.8) is 0 Å². The maximum Gasteiger partial charge on any atom is 0.410 e. The van der Waals surface area contributed by atoms with Crippen LogP contribution in [0, 0.1) is 51.2 Å². The van der Waals surface area contributed by atoms with Gasteiger partial charge in [-0.25, -0.2) is 18.4 Å². The summed E-state index contributed by atoms with van der Waals surface area (Å²) in [6.45, 7) is 13.3. The quantitative estimate of drug-likeness (QED) is 0.320. The number of hydrogen-bond acceptors (Lipinski definition) is 6. The molecule has 3 saturated heterocycles. The molecule has 3 aliphatic heterocycles. The Labute approximate surface area is 293 Å². The van der Waals surface area contributed by atoms with E-state index in [1.807, 2.05) is 4.90 Å². The summed E-state index contributed by atoms with van der Waals surface area (Å²) in [6, 6.07) is 0. The molecule has 5 aliphatic carbocycles. The molecule has 0 aromatic carbocycles. The number of hydrogen-bond donors (Lipinski definition) is 1. The number of fused-ring (bicyclic) bond motifs is 4. The van der Waals surface area contributed by atoms with E-state index in [4.69, 9.17) is 19.3 Å². The van der Waals surface area contributed by atoms with Gasteiger partial charge in [-0.2, -0.15) is 0 Å². The summed E-state index contributed by atoms with van der Waals surface area (Å²) in [5.74, 6) is 0.0289. The van der Waals surface area contributed by atoms with Crippen molar-refractivity contribution in [3.8, 4) is 0 Å². The van der Waals surface area contributed by atoms with Gasteiger partial charge in [0.05, 0.1) is 12.2 Å². The highest BCUT2D eigenvalue weighted by molar-refractivity contribution is 5.69. The van der Waals surface area contributed by atoms with Crippen molar-refractivity contribution in [1.82, 2.24) is 9.80 Å². The number of ether oxygens (including phenoxy) is 3. The van der Waals surface area contributed by atoms with E-state index in [0.29, 0.717) is 34.0 Å². The second-order valence-corrected chi connectivity index (χ2v) is 18.5. The molecule has 8 nitrogen and oxygen atoms in total. The van der Waals surface area contributed by atoms with Gasteiger partial charge in [0, 0.05) is 53.0 Å². The number of carbonyl (C=O) groups is 2. The molecule has 2 amide bonds. The standard InChI is InChI=1S/C38H58F2N2O5.CH4O.H2/c1-23(2)31(47-33(44)41-17-6-18-41)27-9-7-25-28(45-27)21-26-24-8-10-29-34(3,4)30(46-32(43)42-19-15-38(39,40)16-20-42)11-12-37(29)22-36(24,37)14-13-35(25,26)5;1-2;/h23-31H,6-22H2,1-5H3;2H,1H3;1H/t24?,25?,26?,27?,28?,29?,30-,31+,35+,36-,37+;;/m0../s1. The highest BCUT2D eigenvalue weighted by Gasteiger charge is 2.81. The van der Waals surface area contributed by atoms with Crippen LogP contribution >= 0.6 is 0 Å². The Kier molecular flexibility index (Phi) is 9.09. The predicted octanol–water partition coefficient (Wildman–Crippen LogP) is 8.15. The number of aliphatic hydroxyl groups is 1. The molecule has 5 saturated carbocycles. The van der Waals surface area contributed by atoms with Gasteiger partial charge >= 0.3 is 12.2 Å². The second kappa shape index (κ2) is 12.5. The third kappa shape index (κ3) is 5.53. The van der Waals surface area contributed by atoms with Crippen molar-refractivity contribution < 1.29 is 39.1 Å². The average Bonchev–Trinajstić information content (AvgIpc) is 3.61. The van der Waals surface area contributed by atoms with E-state index in [-0.39, 0.29) is 69.2 Å². The molecule has 3 heterocycles. The molecule has 8 fully saturated rings. The molecular formula is C39H64F2N2O6. The lowest BCUT2D eigenvalue weighted by Gasteiger charge is -2.59. The summed E-state index contributed by atoms with van der Waals surface area (Å²) >= 11 is 0. The van der Waals surface area contributed by atoms with Crippen LogP contribution in [0.4, 0.5) is 18.4 Å². The fourth-order valence-corrected chi connectivity index (χ4v) is 13.2. The zero-order valence-electron chi connectivity index (χ0n) is 30.9. The minimum absolute atomic E-state index is 0. The van der Waals surface area contributed by atoms with Crippen molar-refractivity contribution in [2.24, 2.45) is 51.2 Å². The van der Waals surface area contributed by atoms with Crippen LogP contribution in [-0.4, -0.2) is 90.7 Å². The molecular weight excluding hydrogens is 630 g/mol. The second-order valence-electron chi connectivity index (χ2n) is 18.5. The minimum Gasteiger partial charge on any atom is -0.446 e. The van der Waals surface area contributed by atoms with Crippen LogP contribution in [0.3, 0.4) is 0 Å². The molecule has 49 heavy (non-hydrogen) atoms. The van der Waals surface area contributed by atoms with Crippen molar-refractivity contribution in [2.75, 3.05) is 33.3 Å². The number of aliphatic hydroxyl groups excluding tert-OH is 1. The maximum absolute atomic E-state index is 13.7. The smallest absolute Gasteiger partial charge is 0.410 e. The van der Waals surface area contributed by atoms with Gasteiger partial charge in [0.2, 0.25) is 0 Å². The molecule has 11 atom stereocenters. The minimum atomic E-state index is -2.67. The topological polar surface area (TPSA) is 88.5 Å². The van der Waals surface area contributed by atoms with E-state index >= 15 is 0 Å². The van der Waals surface area contributed by atoms with Crippen LogP contribution in [0.25, 0.3) is 0 Å². The van der Waals surface area contributed by atoms with E-state index in [0.717, 1.165) is 64.6 Å². The zero-order valence-corrected chi connectivity index (χ0v) is 30.9. The van der Waals surface area contributed by atoms with Gasteiger partial charge < -0.3 is 29.1 Å². The number of alkyl halides is 2. The summed E-state index contributed by atoms with van der Waals surface area (Å²) in [4.78, 5) is 29.2. The summed E-state index contributed by atoms with van der Waals surface area (Å²) in [6.07, 6.45) is 11.4. The Hall–Kier alpha value is -1.68. The molecule has 280 valence electrons. The number of piperidine rings is 1. The third-order valence-electron chi connectivity index (χ3n) is 15.9. The fraction of sp³-hybridized carbons (Fsp3) is 0.949. The molecule has 0 bridgehead atoms. The van der Waals surface area contributed by atoms with Gasteiger partial charge in [0.15, 0.2) is 0 Å². The van der Waals surface area contributed by atoms with Crippen LogP contribution in [0.1, 0.15) is 120 Å². The first-order chi connectivity index (χ1) is 23.2. The van der Waals surface area contributed by atoms with Crippen LogP contribution in [0.2, 0.25) is 0 Å². The lowest BCUT2D eigenvalue weighted by molar-refractivity contribution is -0.151. The summed E-state index contributed by atoms with van der Waals surface area (Å²) in [7, 11) is 1.00. The normalized spacial score (nSPS) is 44.7. The number of rotatable bonds is 4. The number of nitrogens with zero attached hydrogens (tertiary/aromatic N) is 2. The predicted molar refractivity (Wildman–Crippen MR) is 183 cm³/mol. The van der Waals surface area contributed by atoms with E-state index in [2.05, 4.69) is 34.6 Å². The van der Waals surface area contributed by atoms with Gasteiger partial charge in [0.25, 0.3) is 5.92 Å². The fourth-order valence-electron chi connectivity index (χ4n) is 13.2. The van der Waals surface area contributed by atoms with E-state index < -0.39 is 12.0 Å². The van der Waals surface area contributed by atoms with Crippen LogP contribution in [0.5, 0.6) is 0 Å². The van der Waals surface area contributed by atoms with Crippen molar-refractivity contribution in [3.05, 3.63) is 0 Å². The zero-order chi connectivity index (χ0) is 35.1. The first kappa shape index (κ1) is 35.7. The highest BCUT2D eigenvalue weighted by Crippen LogP contribution is 2.87. The third-order valence-corrected chi connectivity index (χ3v) is 15.9. The van der Waals surface area contributed by atoms with E-state index in [9.17, 15) is 18.4 Å². The molecule has 6 unspecified atom stereocenters. The van der Waals surface area contributed by atoms with Gasteiger partial charge in [-0.1, -0.05) is 34.6 Å². The van der Waals surface area contributed by atoms with Gasteiger partial charge in [0.1, 0.15) is 12.2 Å². The van der Waals surface area contributed by atoms with Crippen molar-refractivity contribution in [1.29, 1.82) is 0 Å². The Morgan fingerprint density at radius 1 is 0.816 bits per heavy atom. The monoisotopic (exact) mass is 694 g/mol. The molecule has 0 aromatic rings. The summed E-state index contributed by atoms with van der Waals surface area (Å²) < 4.78 is 46.8. The molecule has 0 aromatic heterocycles. The van der Waals surface area contributed by atoms with Crippen LogP contribution < -0.4 is 0 Å². The van der Waals surface area contributed by atoms with Gasteiger partial charge in [-0.15, -0.1) is 0 Å². The molecule has 1 N–H and O–H groups in total. The number of likely N-dealkylation sites (tertiary alicyclic amines) is 2. The first-order valence-electron chi connectivity index (χ1n) is 19.6. The lowest BCUT2D eigenvalue weighted by atomic mass is 9.46. The molecule has 10 heteroatoms. The highest BCUT2D eigenvalue weighted by atomic mass is 19.3. The molecule has 8 rings (SSSR count). The van der Waals surface area contributed by atoms with E-state index in [1.54, 1.807) is 0 Å². The molecule has 8 aliphatic rings. The molecule has 2 spiro atoms.